The first-order valence-electron chi connectivity index (χ1n) is 5.71. The molecule has 0 aliphatic carbocycles. The van der Waals surface area contributed by atoms with Crippen molar-refractivity contribution in [2.24, 2.45) is 0 Å². The first kappa shape index (κ1) is 14.3. The zero-order chi connectivity index (χ0) is 14.5. The molecular weight excluding hydrogens is 329 g/mol. The van der Waals surface area contributed by atoms with Crippen molar-refractivity contribution < 1.29 is 19.0 Å². The summed E-state index contributed by atoms with van der Waals surface area (Å²) >= 11 is 3.13. The molecule has 2 aromatic carbocycles. The van der Waals surface area contributed by atoms with Crippen molar-refractivity contribution in [3.63, 3.8) is 0 Å². The largest absolute Gasteiger partial charge is 0.508 e. The summed E-state index contributed by atoms with van der Waals surface area (Å²) in [4.78, 5) is 11.6. The first-order chi connectivity index (χ1) is 9.54. The van der Waals surface area contributed by atoms with Crippen molar-refractivity contribution in [1.29, 1.82) is 0 Å². The molecule has 6 heteroatoms. The molecular formula is C14H11BrFNO3. The SMILES string of the molecule is O=C(COc1ccc(Br)cc1F)Nc1cccc(O)c1. The number of hydrogen-bond donors (Lipinski definition) is 2. The van der Waals surface area contributed by atoms with Crippen molar-refractivity contribution in [1.82, 2.24) is 0 Å². The standard InChI is InChI=1S/C14H11BrFNO3/c15-9-4-5-13(12(16)6-9)20-8-14(19)17-10-2-1-3-11(18)7-10/h1-7,18H,8H2,(H,17,19). The Hall–Kier alpha value is -2.08. The monoisotopic (exact) mass is 339 g/mol. The molecule has 0 bridgehead atoms. The quantitative estimate of drug-likeness (QED) is 0.898. The number of aromatic hydroxyl groups is 1. The van der Waals surface area contributed by atoms with Crippen molar-refractivity contribution in [3.05, 3.63) is 52.8 Å². The van der Waals surface area contributed by atoms with Crippen molar-refractivity contribution in [3.8, 4) is 11.5 Å². The minimum Gasteiger partial charge on any atom is -0.508 e. The molecule has 0 atom stereocenters. The van der Waals surface area contributed by atoms with E-state index in [1.807, 2.05) is 0 Å². The number of phenols is 1. The molecule has 104 valence electrons. The van der Waals surface area contributed by atoms with Gasteiger partial charge in [0.25, 0.3) is 5.91 Å². The molecule has 0 spiro atoms. The van der Waals surface area contributed by atoms with E-state index in [0.717, 1.165) is 0 Å². The van der Waals surface area contributed by atoms with Crippen LogP contribution in [-0.2, 0) is 4.79 Å². The van der Waals surface area contributed by atoms with Gasteiger partial charge in [0.1, 0.15) is 5.75 Å². The maximum Gasteiger partial charge on any atom is 0.262 e. The summed E-state index contributed by atoms with van der Waals surface area (Å²) in [6.07, 6.45) is 0. The number of carbonyl (C=O) groups is 1. The van der Waals surface area contributed by atoms with Gasteiger partial charge in [0.15, 0.2) is 18.2 Å². The molecule has 20 heavy (non-hydrogen) atoms. The van der Waals surface area contributed by atoms with E-state index in [2.05, 4.69) is 21.2 Å². The van der Waals surface area contributed by atoms with Gasteiger partial charge in [0.05, 0.1) is 0 Å². The van der Waals surface area contributed by atoms with Crippen LogP contribution in [0.4, 0.5) is 10.1 Å². The third-order valence-corrected chi connectivity index (χ3v) is 2.88. The predicted molar refractivity (Wildman–Crippen MR) is 76.3 cm³/mol. The van der Waals surface area contributed by atoms with E-state index in [-0.39, 0.29) is 18.1 Å². The molecule has 0 saturated carbocycles. The molecule has 2 aromatic rings. The van der Waals surface area contributed by atoms with Gasteiger partial charge in [0, 0.05) is 16.2 Å². The maximum atomic E-state index is 13.5. The van der Waals surface area contributed by atoms with Gasteiger partial charge in [-0.25, -0.2) is 4.39 Å². The molecule has 0 saturated heterocycles. The average Bonchev–Trinajstić information content (AvgIpc) is 2.37. The van der Waals surface area contributed by atoms with Crippen LogP contribution in [0.3, 0.4) is 0 Å². The highest BCUT2D eigenvalue weighted by molar-refractivity contribution is 9.10. The van der Waals surface area contributed by atoms with Gasteiger partial charge in [-0.2, -0.15) is 0 Å². The smallest absolute Gasteiger partial charge is 0.262 e. The number of ether oxygens (including phenoxy) is 1. The highest BCUT2D eigenvalue weighted by Crippen LogP contribution is 2.21. The Bertz CT molecular complexity index is 634. The topological polar surface area (TPSA) is 58.6 Å². The third kappa shape index (κ3) is 3.96. The summed E-state index contributed by atoms with van der Waals surface area (Å²) in [6, 6.07) is 10.4. The summed E-state index contributed by atoms with van der Waals surface area (Å²) in [6.45, 7) is -0.325. The summed E-state index contributed by atoms with van der Waals surface area (Å²) in [7, 11) is 0. The molecule has 0 heterocycles. The molecule has 0 aliphatic heterocycles. The number of carbonyl (C=O) groups excluding carboxylic acids is 1. The maximum absolute atomic E-state index is 13.5. The summed E-state index contributed by atoms with van der Waals surface area (Å²) in [5.74, 6) is -0.954. The van der Waals surface area contributed by atoms with Gasteiger partial charge in [-0.15, -0.1) is 0 Å². The number of anilines is 1. The normalized spacial score (nSPS) is 10.1. The Morgan fingerprint density at radius 2 is 2.10 bits per heavy atom. The Morgan fingerprint density at radius 1 is 1.30 bits per heavy atom. The van der Waals surface area contributed by atoms with Crippen molar-refractivity contribution in [2.45, 2.75) is 0 Å². The van der Waals surface area contributed by atoms with E-state index < -0.39 is 11.7 Å². The number of hydrogen-bond acceptors (Lipinski definition) is 3. The van der Waals surface area contributed by atoms with Crippen LogP contribution in [0.15, 0.2) is 46.9 Å². The molecule has 2 rings (SSSR count). The number of rotatable bonds is 4. The third-order valence-electron chi connectivity index (χ3n) is 2.38. The minimum atomic E-state index is -0.551. The van der Waals surface area contributed by atoms with Gasteiger partial charge < -0.3 is 15.2 Å². The molecule has 2 N–H and O–H groups in total. The van der Waals surface area contributed by atoms with Gasteiger partial charge in [-0.05, 0) is 30.3 Å². The number of amides is 1. The second-order valence-electron chi connectivity index (χ2n) is 3.96. The molecule has 4 nitrogen and oxygen atoms in total. The molecule has 1 amide bonds. The molecule has 0 fully saturated rings. The van der Waals surface area contributed by atoms with Crippen molar-refractivity contribution >= 4 is 27.5 Å². The fourth-order valence-electron chi connectivity index (χ4n) is 1.52. The van der Waals surface area contributed by atoms with E-state index >= 15 is 0 Å². The van der Waals surface area contributed by atoms with Crippen LogP contribution in [0, 0.1) is 5.82 Å². The van der Waals surface area contributed by atoms with E-state index in [0.29, 0.717) is 10.2 Å². The Kier molecular flexibility index (Phi) is 4.57. The zero-order valence-electron chi connectivity index (χ0n) is 10.3. The number of phenolic OH excluding ortho intramolecular Hbond substituents is 1. The summed E-state index contributed by atoms with van der Waals surface area (Å²) < 4.78 is 19.1. The summed E-state index contributed by atoms with van der Waals surface area (Å²) in [5.41, 5.74) is 0.440. The lowest BCUT2D eigenvalue weighted by atomic mass is 10.3. The molecule has 0 aromatic heterocycles. The van der Waals surface area contributed by atoms with Crippen LogP contribution in [-0.4, -0.2) is 17.6 Å². The lowest BCUT2D eigenvalue weighted by molar-refractivity contribution is -0.118. The van der Waals surface area contributed by atoms with Gasteiger partial charge in [-0.3, -0.25) is 4.79 Å². The molecule has 0 aliphatic rings. The zero-order valence-corrected chi connectivity index (χ0v) is 11.9. The Morgan fingerprint density at radius 3 is 2.80 bits per heavy atom. The van der Waals surface area contributed by atoms with Crippen LogP contribution in [0.1, 0.15) is 0 Å². The van der Waals surface area contributed by atoms with Gasteiger partial charge in [0.2, 0.25) is 0 Å². The predicted octanol–water partition coefficient (Wildman–Crippen LogP) is 3.31. The van der Waals surface area contributed by atoms with Gasteiger partial charge in [-0.1, -0.05) is 22.0 Å². The highest BCUT2D eigenvalue weighted by Gasteiger charge is 2.08. The molecule has 0 radical (unpaired) electrons. The first-order valence-corrected chi connectivity index (χ1v) is 6.50. The Labute approximate surface area is 123 Å². The van der Waals surface area contributed by atoms with Crippen LogP contribution >= 0.6 is 15.9 Å². The van der Waals surface area contributed by atoms with E-state index in [1.54, 1.807) is 18.2 Å². The second-order valence-corrected chi connectivity index (χ2v) is 4.88. The van der Waals surface area contributed by atoms with E-state index in [9.17, 15) is 14.3 Å². The van der Waals surface area contributed by atoms with E-state index in [4.69, 9.17) is 4.74 Å². The van der Waals surface area contributed by atoms with E-state index in [1.165, 1.54) is 24.3 Å². The highest BCUT2D eigenvalue weighted by atomic mass is 79.9. The fraction of sp³-hybridized carbons (Fsp3) is 0.0714. The van der Waals surface area contributed by atoms with Crippen LogP contribution in [0.2, 0.25) is 0 Å². The minimum absolute atomic E-state index is 0.000686. The van der Waals surface area contributed by atoms with Crippen LogP contribution in [0.25, 0.3) is 0 Å². The Balaban J connectivity index is 1.92. The average molecular weight is 340 g/mol. The fourth-order valence-corrected chi connectivity index (χ4v) is 1.85. The van der Waals surface area contributed by atoms with Crippen molar-refractivity contribution in [2.75, 3.05) is 11.9 Å². The van der Waals surface area contributed by atoms with Crippen LogP contribution < -0.4 is 10.1 Å². The number of nitrogens with one attached hydrogen (secondary N) is 1. The summed E-state index contributed by atoms with van der Waals surface area (Å²) in [5, 5.41) is 11.8. The lowest BCUT2D eigenvalue weighted by Gasteiger charge is -2.08. The molecule has 0 unspecified atom stereocenters. The number of halogens is 2. The van der Waals surface area contributed by atoms with Gasteiger partial charge >= 0.3 is 0 Å². The second kappa shape index (κ2) is 6.38. The van der Waals surface area contributed by atoms with Crippen LogP contribution in [0.5, 0.6) is 11.5 Å². The number of benzene rings is 2. The lowest BCUT2D eigenvalue weighted by Crippen LogP contribution is -2.20.